The van der Waals surface area contributed by atoms with E-state index in [1.807, 2.05) is 31.2 Å². The van der Waals surface area contributed by atoms with Crippen LogP contribution in [0.5, 0.6) is 0 Å². The second kappa shape index (κ2) is 6.80. The molecule has 0 radical (unpaired) electrons. The van der Waals surface area contributed by atoms with Gasteiger partial charge in [0, 0.05) is 33.4 Å². The van der Waals surface area contributed by atoms with Crippen LogP contribution in [0.3, 0.4) is 0 Å². The molecule has 3 N–H and O–H groups in total. The Bertz CT molecular complexity index is 995. The Morgan fingerprint density at radius 3 is 2.46 bits per heavy atom. The molecule has 2 heterocycles. The van der Waals surface area contributed by atoms with E-state index < -0.39 is 12.1 Å². The fourth-order valence-electron chi connectivity index (χ4n) is 3.51. The number of ether oxygens (including phenoxy) is 1. The van der Waals surface area contributed by atoms with Crippen molar-refractivity contribution in [1.82, 2.24) is 9.97 Å². The summed E-state index contributed by atoms with van der Waals surface area (Å²) in [6.07, 6.45) is -0.691. The van der Waals surface area contributed by atoms with Gasteiger partial charge in [-0.3, -0.25) is 4.79 Å². The van der Waals surface area contributed by atoms with Crippen molar-refractivity contribution >= 4 is 22.7 Å². The zero-order valence-corrected chi connectivity index (χ0v) is 15.3. The van der Waals surface area contributed by atoms with Gasteiger partial charge < -0.3 is 19.8 Å². The molecule has 0 amide bonds. The molecule has 0 unspecified atom stereocenters. The fourth-order valence-corrected chi connectivity index (χ4v) is 3.51. The molecule has 0 spiro atoms. The van der Waals surface area contributed by atoms with Crippen LogP contribution in [0.4, 0.5) is 0 Å². The number of carbonyl (C=O) groups excluding carboxylic acids is 2. The summed E-state index contributed by atoms with van der Waals surface area (Å²) >= 11 is 0. The van der Waals surface area contributed by atoms with Gasteiger partial charge in [0.25, 0.3) is 0 Å². The minimum atomic E-state index is -0.691. The van der Waals surface area contributed by atoms with Crippen LogP contribution < -0.4 is 0 Å². The largest absolute Gasteiger partial charge is 0.453 e. The number of H-pyrrole nitrogens is 2. The molecule has 0 aliphatic rings. The van der Waals surface area contributed by atoms with Gasteiger partial charge in [0.1, 0.15) is 5.69 Å². The van der Waals surface area contributed by atoms with E-state index in [-0.39, 0.29) is 18.1 Å². The van der Waals surface area contributed by atoms with E-state index >= 15 is 0 Å². The predicted octanol–water partition coefficient (Wildman–Crippen LogP) is 3.51. The lowest BCUT2D eigenvalue weighted by molar-refractivity contribution is 0.0469. The number of Topliss-reactive ketones (excluding diaryl/α,β-unsaturated/α-hetero) is 1. The lowest BCUT2D eigenvalue weighted by Gasteiger charge is -2.06. The fraction of sp³-hybridized carbons (Fsp3) is 0.300. The Morgan fingerprint density at radius 2 is 1.81 bits per heavy atom. The summed E-state index contributed by atoms with van der Waals surface area (Å²) < 4.78 is 5.23. The summed E-state index contributed by atoms with van der Waals surface area (Å²) in [5, 5.41) is 10.6. The molecule has 3 rings (SSSR count). The average Bonchev–Trinajstić information content (AvgIpc) is 3.07. The Balaban J connectivity index is 1.79. The highest BCUT2D eigenvalue weighted by atomic mass is 16.5. The van der Waals surface area contributed by atoms with Gasteiger partial charge in [0.05, 0.1) is 6.10 Å². The third-order valence-corrected chi connectivity index (χ3v) is 4.62. The molecule has 6 nitrogen and oxygen atoms in total. The molecule has 3 aromatic rings. The van der Waals surface area contributed by atoms with Gasteiger partial charge in [0.2, 0.25) is 5.78 Å². The average molecular weight is 354 g/mol. The summed E-state index contributed by atoms with van der Waals surface area (Å²) in [5.41, 5.74) is 4.45. The maximum absolute atomic E-state index is 12.6. The van der Waals surface area contributed by atoms with Crippen LogP contribution in [0.2, 0.25) is 0 Å². The first-order valence-corrected chi connectivity index (χ1v) is 8.46. The first kappa shape index (κ1) is 17.9. The number of nitrogens with one attached hydrogen (secondary N) is 2. The number of fused-ring (bicyclic) bond motifs is 1. The molecule has 0 aliphatic heterocycles. The molecule has 0 aliphatic carbocycles. The summed E-state index contributed by atoms with van der Waals surface area (Å²) in [6.45, 7) is 6.65. The van der Waals surface area contributed by atoms with E-state index in [0.717, 1.165) is 16.6 Å². The number of aliphatic hydroxyl groups excluding tert-OH is 1. The molecule has 0 fully saturated rings. The molecule has 136 valence electrons. The van der Waals surface area contributed by atoms with E-state index in [2.05, 4.69) is 9.97 Å². The highest BCUT2D eigenvalue weighted by Gasteiger charge is 2.23. The van der Waals surface area contributed by atoms with Gasteiger partial charge in [-0.05, 0) is 39.3 Å². The van der Waals surface area contributed by atoms with Crippen molar-refractivity contribution in [3.05, 3.63) is 58.0 Å². The van der Waals surface area contributed by atoms with Gasteiger partial charge in [-0.15, -0.1) is 0 Å². The van der Waals surface area contributed by atoms with Gasteiger partial charge in [-0.25, -0.2) is 4.79 Å². The van der Waals surface area contributed by atoms with Crippen molar-refractivity contribution in [3.63, 3.8) is 0 Å². The number of benzene rings is 1. The quantitative estimate of drug-likeness (QED) is 0.483. The normalized spacial score (nSPS) is 12.3. The Labute approximate surface area is 151 Å². The highest BCUT2D eigenvalue weighted by Crippen LogP contribution is 2.25. The molecule has 2 aromatic heterocycles. The second-order valence-corrected chi connectivity index (χ2v) is 6.51. The number of aromatic nitrogens is 2. The SMILES string of the molecule is Cc1[nH]c(C(=O)OCC(=O)c2c(C)[nH]c3ccccc23)c(C)c1[C@H](C)O. The zero-order valence-electron chi connectivity index (χ0n) is 15.3. The topological polar surface area (TPSA) is 95.2 Å². The van der Waals surface area contributed by atoms with E-state index in [0.29, 0.717) is 22.4 Å². The van der Waals surface area contributed by atoms with Crippen LogP contribution in [0.15, 0.2) is 24.3 Å². The van der Waals surface area contributed by atoms with Crippen molar-refractivity contribution in [2.75, 3.05) is 6.61 Å². The number of aliphatic hydroxyl groups is 1. The minimum Gasteiger partial charge on any atom is -0.453 e. The maximum Gasteiger partial charge on any atom is 0.355 e. The van der Waals surface area contributed by atoms with Crippen molar-refractivity contribution in [1.29, 1.82) is 0 Å². The number of ketones is 1. The van der Waals surface area contributed by atoms with Crippen LogP contribution in [0.1, 0.15) is 56.4 Å². The lowest BCUT2D eigenvalue weighted by Crippen LogP contribution is -2.16. The number of hydrogen-bond donors (Lipinski definition) is 3. The number of carbonyl (C=O) groups is 2. The van der Waals surface area contributed by atoms with E-state index in [1.54, 1.807) is 20.8 Å². The lowest BCUT2D eigenvalue weighted by atomic mass is 10.1. The zero-order chi connectivity index (χ0) is 19.0. The standard InChI is InChI=1S/C20H22N2O4/c1-10-17(13(4)23)11(2)22-19(10)20(25)26-9-16(24)18-12(3)21-15-8-6-5-7-14(15)18/h5-8,13,21-23H,9H2,1-4H3/t13-/m0/s1. The van der Waals surface area contributed by atoms with E-state index in [1.165, 1.54) is 0 Å². The van der Waals surface area contributed by atoms with Gasteiger partial charge in [-0.2, -0.15) is 0 Å². The maximum atomic E-state index is 12.6. The van der Waals surface area contributed by atoms with E-state index in [9.17, 15) is 14.7 Å². The number of aromatic amines is 2. The predicted molar refractivity (Wildman–Crippen MR) is 98.5 cm³/mol. The number of esters is 1. The Hall–Kier alpha value is -2.86. The monoisotopic (exact) mass is 354 g/mol. The number of rotatable bonds is 5. The van der Waals surface area contributed by atoms with Crippen LogP contribution >= 0.6 is 0 Å². The molecule has 0 bridgehead atoms. The van der Waals surface area contributed by atoms with Crippen LogP contribution in [0.25, 0.3) is 10.9 Å². The van der Waals surface area contributed by atoms with Crippen LogP contribution in [-0.2, 0) is 4.74 Å². The van der Waals surface area contributed by atoms with Crippen LogP contribution in [-0.4, -0.2) is 33.4 Å². The number of aryl methyl sites for hydroxylation is 2. The van der Waals surface area contributed by atoms with Gasteiger partial charge >= 0.3 is 5.97 Å². The van der Waals surface area contributed by atoms with Crippen molar-refractivity contribution in [2.45, 2.75) is 33.8 Å². The first-order chi connectivity index (χ1) is 12.3. The number of para-hydroxylation sites is 1. The number of hydrogen-bond acceptors (Lipinski definition) is 4. The molecule has 26 heavy (non-hydrogen) atoms. The summed E-state index contributed by atoms with van der Waals surface area (Å²) in [7, 11) is 0. The molecule has 6 heteroatoms. The Kier molecular flexibility index (Phi) is 4.70. The summed E-state index contributed by atoms with van der Waals surface area (Å²) in [6, 6.07) is 7.51. The third-order valence-electron chi connectivity index (χ3n) is 4.62. The summed E-state index contributed by atoms with van der Waals surface area (Å²) in [5.74, 6) is -0.867. The molecule has 0 saturated heterocycles. The second-order valence-electron chi connectivity index (χ2n) is 6.51. The smallest absolute Gasteiger partial charge is 0.355 e. The van der Waals surface area contributed by atoms with Crippen molar-refractivity contribution < 1.29 is 19.4 Å². The van der Waals surface area contributed by atoms with Gasteiger partial charge in [0.15, 0.2) is 6.61 Å². The molecular formula is C20H22N2O4. The first-order valence-electron chi connectivity index (χ1n) is 8.46. The molecular weight excluding hydrogens is 332 g/mol. The minimum absolute atomic E-state index is 0.259. The Morgan fingerprint density at radius 1 is 1.12 bits per heavy atom. The van der Waals surface area contributed by atoms with Crippen molar-refractivity contribution in [2.24, 2.45) is 0 Å². The van der Waals surface area contributed by atoms with Gasteiger partial charge in [-0.1, -0.05) is 18.2 Å². The van der Waals surface area contributed by atoms with Crippen molar-refractivity contribution in [3.8, 4) is 0 Å². The van der Waals surface area contributed by atoms with Crippen LogP contribution in [0, 0.1) is 20.8 Å². The molecule has 1 aromatic carbocycles. The summed E-state index contributed by atoms with van der Waals surface area (Å²) in [4.78, 5) is 31.1. The third kappa shape index (κ3) is 3.04. The highest BCUT2D eigenvalue weighted by molar-refractivity contribution is 6.10. The van der Waals surface area contributed by atoms with E-state index in [4.69, 9.17) is 4.74 Å². The molecule has 1 atom stereocenters. The molecule has 0 saturated carbocycles.